The second kappa shape index (κ2) is 7.53. The zero-order chi connectivity index (χ0) is 15.0. The molecule has 0 heterocycles. The van der Waals surface area contributed by atoms with Crippen LogP contribution in [0.4, 0.5) is 4.39 Å². The zero-order valence-electron chi connectivity index (χ0n) is 10.4. The highest BCUT2D eigenvalue weighted by atomic mass is 19.1. The summed E-state index contributed by atoms with van der Waals surface area (Å²) in [6.07, 6.45) is 0. The van der Waals surface area contributed by atoms with E-state index in [0.717, 1.165) is 17.0 Å². The number of benzene rings is 1. The summed E-state index contributed by atoms with van der Waals surface area (Å²) in [5.41, 5.74) is 0.183. The predicted molar refractivity (Wildman–Crippen MR) is 67.5 cm³/mol. The van der Waals surface area contributed by atoms with Gasteiger partial charge in [-0.2, -0.15) is 10.5 Å². The van der Waals surface area contributed by atoms with Gasteiger partial charge in [0, 0.05) is 5.56 Å². The first-order valence-corrected chi connectivity index (χ1v) is 5.56. The number of carbonyl (C=O) groups excluding carboxylic acids is 1. The fourth-order valence-electron chi connectivity index (χ4n) is 1.48. The minimum absolute atomic E-state index is 0.0813. The van der Waals surface area contributed by atoms with Crippen LogP contribution < -0.4 is 0 Å². The topological polar surface area (TPSA) is 88.1 Å². The van der Waals surface area contributed by atoms with Crippen molar-refractivity contribution in [3.8, 4) is 24.0 Å². The first kappa shape index (κ1) is 15.2. The van der Waals surface area contributed by atoms with Crippen LogP contribution in [0.5, 0.6) is 0 Å². The van der Waals surface area contributed by atoms with Crippen LogP contribution in [0.1, 0.15) is 15.9 Å². The van der Waals surface area contributed by atoms with Gasteiger partial charge in [0.1, 0.15) is 25.5 Å². The number of amides is 1. The number of nitrogens with zero attached hydrogens (tertiary/aromatic N) is 3. The molecule has 1 rings (SSSR count). The average Bonchev–Trinajstić information content (AvgIpc) is 2.44. The monoisotopic (exact) mass is 271 g/mol. The maximum absolute atomic E-state index is 13.2. The van der Waals surface area contributed by atoms with E-state index in [1.54, 1.807) is 12.1 Å². The van der Waals surface area contributed by atoms with Crippen molar-refractivity contribution in [2.24, 2.45) is 0 Å². The van der Waals surface area contributed by atoms with Gasteiger partial charge >= 0.3 is 0 Å². The Bertz CT molecular complexity index is 631. The van der Waals surface area contributed by atoms with Crippen molar-refractivity contribution < 1.29 is 14.3 Å². The van der Waals surface area contributed by atoms with Gasteiger partial charge in [-0.25, -0.2) is 4.39 Å². The maximum Gasteiger partial charge on any atom is 0.256 e. The first-order valence-electron chi connectivity index (χ1n) is 5.56. The Morgan fingerprint density at radius 1 is 1.30 bits per heavy atom. The fourth-order valence-corrected chi connectivity index (χ4v) is 1.48. The Kier molecular flexibility index (Phi) is 5.72. The molecule has 0 radical (unpaired) electrons. The molecule has 0 saturated carbocycles. The summed E-state index contributed by atoms with van der Waals surface area (Å²) in [4.78, 5) is 13.2. The summed E-state index contributed by atoms with van der Waals surface area (Å²) >= 11 is 0. The van der Waals surface area contributed by atoms with Gasteiger partial charge in [0.05, 0.1) is 17.7 Å². The highest BCUT2D eigenvalue weighted by molar-refractivity contribution is 5.97. The van der Waals surface area contributed by atoms with Gasteiger partial charge in [0.25, 0.3) is 5.91 Å². The van der Waals surface area contributed by atoms with Gasteiger partial charge in [-0.1, -0.05) is 11.8 Å². The van der Waals surface area contributed by atoms with E-state index in [-0.39, 0.29) is 24.2 Å². The zero-order valence-corrected chi connectivity index (χ0v) is 10.4. The molecule has 5 nitrogen and oxygen atoms in total. The van der Waals surface area contributed by atoms with E-state index in [0.29, 0.717) is 0 Å². The molecule has 0 spiro atoms. The number of carbonyl (C=O) groups is 1. The van der Waals surface area contributed by atoms with E-state index in [1.807, 2.05) is 0 Å². The van der Waals surface area contributed by atoms with Gasteiger partial charge in [0.2, 0.25) is 0 Å². The van der Waals surface area contributed by atoms with Gasteiger partial charge in [-0.05, 0) is 18.2 Å². The molecule has 0 aromatic heterocycles. The van der Waals surface area contributed by atoms with Crippen molar-refractivity contribution in [3.05, 3.63) is 35.1 Å². The normalized spacial score (nSPS) is 8.80. The van der Waals surface area contributed by atoms with Gasteiger partial charge in [0.15, 0.2) is 0 Å². The number of rotatable bonds is 3. The van der Waals surface area contributed by atoms with Crippen molar-refractivity contribution in [2.45, 2.75) is 0 Å². The van der Waals surface area contributed by atoms with E-state index in [9.17, 15) is 9.18 Å². The van der Waals surface area contributed by atoms with Crippen molar-refractivity contribution in [1.82, 2.24) is 4.90 Å². The average molecular weight is 271 g/mol. The summed E-state index contributed by atoms with van der Waals surface area (Å²) in [7, 11) is 0. The SMILES string of the molecule is N#CCN(CC#N)C(=O)c1ccc(F)cc1C#CCO. The molecule has 0 bridgehead atoms. The minimum Gasteiger partial charge on any atom is -0.384 e. The number of aliphatic hydroxyl groups excluding tert-OH is 1. The van der Waals surface area contributed by atoms with E-state index in [1.165, 1.54) is 6.07 Å². The predicted octanol–water partition coefficient (Wildman–Crippen LogP) is 0.659. The third-order valence-corrected chi connectivity index (χ3v) is 2.32. The Morgan fingerprint density at radius 3 is 2.50 bits per heavy atom. The molecule has 1 aromatic rings. The van der Waals surface area contributed by atoms with Crippen molar-refractivity contribution in [1.29, 1.82) is 10.5 Å². The third-order valence-electron chi connectivity index (χ3n) is 2.32. The van der Waals surface area contributed by atoms with Crippen LogP contribution >= 0.6 is 0 Å². The highest BCUT2D eigenvalue weighted by Crippen LogP contribution is 2.13. The van der Waals surface area contributed by atoms with Crippen LogP contribution in [0.15, 0.2) is 18.2 Å². The van der Waals surface area contributed by atoms with Crippen LogP contribution in [0, 0.1) is 40.3 Å². The number of hydrogen-bond acceptors (Lipinski definition) is 4. The molecule has 0 aliphatic rings. The van der Waals surface area contributed by atoms with Crippen LogP contribution in [0.2, 0.25) is 0 Å². The molecule has 1 N–H and O–H groups in total. The molecule has 6 heteroatoms. The third kappa shape index (κ3) is 3.81. The van der Waals surface area contributed by atoms with Crippen LogP contribution in [-0.4, -0.2) is 35.6 Å². The molecule has 0 aliphatic heterocycles. The molecule has 0 saturated heterocycles. The second-order valence-corrected chi connectivity index (χ2v) is 3.63. The quantitative estimate of drug-likeness (QED) is 0.646. The Labute approximate surface area is 115 Å². The summed E-state index contributed by atoms with van der Waals surface area (Å²) in [6.45, 7) is -0.933. The van der Waals surface area contributed by atoms with Crippen molar-refractivity contribution in [3.63, 3.8) is 0 Å². The molecule has 1 aromatic carbocycles. The number of nitriles is 2. The van der Waals surface area contributed by atoms with Crippen LogP contribution in [0.25, 0.3) is 0 Å². The molecule has 0 fully saturated rings. The highest BCUT2D eigenvalue weighted by Gasteiger charge is 2.18. The minimum atomic E-state index is -0.588. The smallest absolute Gasteiger partial charge is 0.256 e. The fraction of sp³-hybridized carbons (Fsp3) is 0.214. The summed E-state index contributed by atoms with van der Waals surface area (Å²) < 4.78 is 13.2. The van der Waals surface area contributed by atoms with Gasteiger partial charge in [-0.15, -0.1) is 0 Å². The molecular formula is C14H10FN3O2. The van der Waals surface area contributed by atoms with Crippen molar-refractivity contribution in [2.75, 3.05) is 19.7 Å². The Balaban J connectivity index is 3.21. The van der Waals surface area contributed by atoms with Crippen molar-refractivity contribution >= 4 is 5.91 Å². The van der Waals surface area contributed by atoms with E-state index >= 15 is 0 Å². The van der Waals surface area contributed by atoms with Gasteiger partial charge < -0.3 is 10.0 Å². The Hall–Kier alpha value is -2.88. The standard InChI is InChI=1S/C14H10FN3O2/c15-12-3-4-13(11(10-12)2-1-9-19)14(20)18(7-5-16)8-6-17/h3-4,10,19H,7-9H2. The lowest BCUT2D eigenvalue weighted by Gasteiger charge is -2.16. The largest absolute Gasteiger partial charge is 0.384 e. The van der Waals surface area contributed by atoms with Crippen LogP contribution in [0.3, 0.4) is 0 Å². The first-order chi connectivity index (χ1) is 9.63. The Morgan fingerprint density at radius 2 is 1.95 bits per heavy atom. The van der Waals surface area contributed by atoms with E-state index < -0.39 is 18.3 Å². The maximum atomic E-state index is 13.2. The molecule has 0 aliphatic carbocycles. The summed E-state index contributed by atoms with van der Waals surface area (Å²) in [5, 5.41) is 25.9. The molecule has 0 unspecified atom stereocenters. The molecule has 100 valence electrons. The summed E-state index contributed by atoms with van der Waals surface area (Å²) in [6, 6.07) is 6.95. The van der Waals surface area contributed by atoms with E-state index in [4.69, 9.17) is 15.6 Å². The lowest BCUT2D eigenvalue weighted by molar-refractivity contribution is 0.0794. The molecule has 0 atom stereocenters. The number of halogens is 1. The lowest BCUT2D eigenvalue weighted by atomic mass is 10.1. The van der Waals surface area contributed by atoms with Gasteiger partial charge in [-0.3, -0.25) is 4.79 Å². The summed E-state index contributed by atoms with van der Waals surface area (Å²) in [5.74, 6) is 3.64. The molecular weight excluding hydrogens is 261 g/mol. The molecule has 20 heavy (non-hydrogen) atoms. The lowest BCUT2D eigenvalue weighted by Crippen LogP contribution is -2.32. The number of aliphatic hydroxyl groups is 1. The van der Waals surface area contributed by atoms with Crippen LogP contribution in [-0.2, 0) is 0 Å². The molecule has 1 amide bonds. The van der Waals surface area contributed by atoms with E-state index in [2.05, 4.69) is 11.8 Å². The number of hydrogen-bond donors (Lipinski definition) is 1. The second-order valence-electron chi connectivity index (χ2n) is 3.63.